The topological polar surface area (TPSA) is 23.4 Å². The molecule has 0 bridgehead atoms. The molecule has 1 saturated heterocycles. The monoisotopic (exact) mass is 551 g/mol. The second kappa shape index (κ2) is 8.80. The van der Waals surface area contributed by atoms with Gasteiger partial charge in [0.25, 0.3) is 0 Å². The highest BCUT2D eigenvalue weighted by Crippen LogP contribution is 2.43. The molecule has 7 aromatic rings. The van der Waals surface area contributed by atoms with Crippen LogP contribution in [0.4, 0.5) is 0 Å². The van der Waals surface area contributed by atoms with Crippen molar-refractivity contribution >= 4 is 65.9 Å². The van der Waals surface area contributed by atoms with Gasteiger partial charge in [0, 0.05) is 30.9 Å². The van der Waals surface area contributed by atoms with Gasteiger partial charge in [0.15, 0.2) is 0 Å². The van der Waals surface area contributed by atoms with Gasteiger partial charge in [-0.1, -0.05) is 78.9 Å². The van der Waals surface area contributed by atoms with Gasteiger partial charge in [0.1, 0.15) is 0 Å². The Morgan fingerprint density at radius 3 is 2.02 bits per heavy atom. The Morgan fingerprint density at radius 1 is 0.585 bits per heavy atom. The molecule has 0 radical (unpaired) electrons. The van der Waals surface area contributed by atoms with E-state index in [0.717, 1.165) is 5.46 Å². The molecule has 3 heterocycles. The fraction of sp³-hybridized carbons (Fsp3) is 0.167. The Balaban J connectivity index is 1.43. The maximum absolute atomic E-state index is 6.44. The molecule has 0 aliphatic carbocycles. The molecule has 1 fully saturated rings. The summed E-state index contributed by atoms with van der Waals surface area (Å²) in [6.07, 6.45) is 0. The van der Waals surface area contributed by atoms with Gasteiger partial charge in [0.05, 0.1) is 27.9 Å². The van der Waals surface area contributed by atoms with Crippen LogP contribution >= 0.6 is 11.3 Å². The SMILES string of the molecule is CC1(C)OB(c2ccc3c(c2)c2ccccc2n3-c2cc(-c3ccccc3)cc3sc4ccccc4c23)OC1(C)C. The number of aromatic nitrogens is 1. The maximum atomic E-state index is 6.44. The van der Waals surface area contributed by atoms with E-state index in [2.05, 4.69) is 141 Å². The molecule has 41 heavy (non-hydrogen) atoms. The van der Waals surface area contributed by atoms with E-state index in [0.29, 0.717) is 0 Å². The van der Waals surface area contributed by atoms with Crippen molar-refractivity contribution in [3.63, 3.8) is 0 Å². The van der Waals surface area contributed by atoms with Crippen molar-refractivity contribution in [2.24, 2.45) is 0 Å². The van der Waals surface area contributed by atoms with E-state index in [4.69, 9.17) is 9.31 Å². The largest absolute Gasteiger partial charge is 0.494 e. The first kappa shape index (κ1) is 24.9. The van der Waals surface area contributed by atoms with E-state index in [1.54, 1.807) is 0 Å². The van der Waals surface area contributed by atoms with Crippen LogP contribution < -0.4 is 5.46 Å². The van der Waals surface area contributed by atoms with Gasteiger partial charge in [-0.2, -0.15) is 0 Å². The molecule has 0 amide bonds. The Bertz CT molecular complexity index is 2110. The van der Waals surface area contributed by atoms with Crippen molar-refractivity contribution in [1.82, 2.24) is 4.57 Å². The molecule has 5 aromatic carbocycles. The number of fused-ring (bicyclic) bond motifs is 6. The predicted octanol–water partition coefficient (Wildman–Crippen LogP) is 9.12. The zero-order valence-electron chi connectivity index (χ0n) is 23.6. The molecule has 1 aliphatic rings. The Kier molecular flexibility index (Phi) is 5.34. The number of hydrogen-bond acceptors (Lipinski definition) is 3. The minimum atomic E-state index is -0.402. The first-order valence-corrected chi connectivity index (χ1v) is 15.0. The number of nitrogens with zero attached hydrogens (tertiary/aromatic N) is 1. The summed E-state index contributed by atoms with van der Waals surface area (Å²) in [6.45, 7) is 8.42. The molecular formula is C36H30BNO2S. The Morgan fingerprint density at radius 2 is 1.24 bits per heavy atom. The van der Waals surface area contributed by atoms with Gasteiger partial charge in [-0.25, -0.2) is 0 Å². The van der Waals surface area contributed by atoms with Crippen molar-refractivity contribution < 1.29 is 9.31 Å². The molecular weight excluding hydrogens is 521 g/mol. The molecule has 0 unspecified atom stereocenters. The molecule has 0 atom stereocenters. The first-order chi connectivity index (χ1) is 19.8. The van der Waals surface area contributed by atoms with E-state index in [9.17, 15) is 0 Å². The van der Waals surface area contributed by atoms with Crippen LogP contribution in [0.5, 0.6) is 0 Å². The second-order valence-corrected chi connectivity index (χ2v) is 13.1. The third-order valence-electron chi connectivity index (χ3n) is 9.03. The Hall–Kier alpha value is -3.90. The van der Waals surface area contributed by atoms with Crippen molar-refractivity contribution in [3.05, 3.63) is 109 Å². The molecule has 1 aliphatic heterocycles. The van der Waals surface area contributed by atoms with Crippen LogP contribution in [0.1, 0.15) is 27.7 Å². The molecule has 0 N–H and O–H groups in total. The summed E-state index contributed by atoms with van der Waals surface area (Å²) >= 11 is 1.87. The highest BCUT2D eigenvalue weighted by Gasteiger charge is 2.51. The van der Waals surface area contributed by atoms with E-state index >= 15 is 0 Å². The average Bonchev–Trinajstić information content (AvgIpc) is 3.59. The zero-order valence-corrected chi connectivity index (χ0v) is 24.5. The van der Waals surface area contributed by atoms with Crippen LogP contribution in [0.25, 0.3) is 58.8 Å². The van der Waals surface area contributed by atoms with Crippen LogP contribution in [0.3, 0.4) is 0 Å². The van der Waals surface area contributed by atoms with Crippen molar-refractivity contribution in [3.8, 4) is 16.8 Å². The highest BCUT2D eigenvalue weighted by molar-refractivity contribution is 7.26. The number of hydrogen-bond donors (Lipinski definition) is 0. The summed E-state index contributed by atoms with van der Waals surface area (Å²) in [6, 6.07) is 39.6. The molecule has 0 saturated carbocycles. The van der Waals surface area contributed by atoms with Crippen molar-refractivity contribution in [2.75, 3.05) is 0 Å². The van der Waals surface area contributed by atoms with E-state index in [1.807, 2.05) is 11.3 Å². The number of thiophene rings is 1. The normalized spacial score (nSPS) is 16.4. The van der Waals surface area contributed by atoms with Gasteiger partial charge in [-0.05, 0) is 74.6 Å². The molecule has 8 rings (SSSR count). The van der Waals surface area contributed by atoms with Gasteiger partial charge in [0.2, 0.25) is 0 Å². The lowest BCUT2D eigenvalue weighted by atomic mass is 9.78. The predicted molar refractivity (Wildman–Crippen MR) is 175 cm³/mol. The lowest BCUT2D eigenvalue weighted by molar-refractivity contribution is 0.00578. The van der Waals surface area contributed by atoms with Gasteiger partial charge in [-0.15, -0.1) is 11.3 Å². The van der Waals surface area contributed by atoms with Crippen LogP contribution in [0.15, 0.2) is 109 Å². The third-order valence-corrected chi connectivity index (χ3v) is 10.1. The van der Waals surface area contributed by atoms with Gasteiger partial charge < -0.3 is 13.9 Å². The Labute approximate surface area is 244 Å². The van der Waals surface area contributed by atoms with E-state index in [-0.39, 0.29) is 11.2 Å². The van der Waals surface area contributed by atoms with Crippen molar-refractivity contribution in [2.45, 2.75) is 38.9 Å². The summed E-state index contributed by atoms with van der Waals surface area (Å²) in [5, 5.41) is 5.01. The van der Waals surface area contributed by atoms with Crippen LogP contribution in [0, 0.1) is 0 Å². The summed E-state index contributed by atoms with van der Waals surface area (Å²) in [7, 11) is -0.402. The summed E-state index contributed by atoms with van der Waals surface area (Å²) < 4.78 is 17.9. The summed E-state index contributed by atoms with van der Waals surface area (Å²) in [5.74, 6) is 0. The minimum absolute atomic E-state index is 0.385. The molecule has 200 valence electrons. The lowest BCUT2D eigenvalue weighted by Crippen LogP contribution is -2.41. The van der Waals surface area contributed by atoms with Crippen LogP contribution in [-0.2, 0) is 9.31 Å². The molecule has 2 aromatic heterocycles. The second-order valence-electron chi connectivity index (χ2n) is 12.1. The average molecular weight is 552 g/mol. The highest BCUT2D eigenvalue weighted by atomic mass is 32.1. The summed E-state index contributed by atoms with van der Waals surface area (Å²) in [5.41, 5.74) is 6.28. The van der Waals surface area contributed by atoms with Gasteiger partial charge in [-0.3, -0.25) is 0 Å². The summed E-state index contributed by atoms with van der Waals surface area (Å²) in [4.78, 5) is 0. The standard InChI is InChI=1S/C36H30BNO2S/c1-35(2)36(3,4)40-37(39-35)25-18-19-30-28(22-25)26-14-8-10-16-29(26)38(30)31-20-24(23-12-6-5-7-13-23)21-33-34(31)27-15-9-11-17-32(27)41-33/h5-22H,1-4H3. The quantitative estimate of drug-likeness (QED) is 0.205. The molecule has 3 nitrogen and oxygen atoms in total. The molecule has 0 spiro atoms. The number of rotatable bonds is 3. The number of para-hydroxylation sites is 1. The fourth-order valence-electron chi connectivity index (χ4n) is 6.18. The minimum Gasteiger partial charge on any atom is -0.399 e. The van der Waals surface area contributed by atoms with Gasteiger partial charge >= 0.3 is 7.12 Å². The fourth-order valence-corrected chi connectivity index (χ4v) is 7.35. The smallest absolute Gasteiger partial charge is 0.399 e. The van der Waals surface area contributed by atoms with Crippen LogP contribution in [0.2, 0.25) is 0 Å². The third kappa shape index (κ3) is 3.73. The number of benzene rings is 5. The van der Waals surface area contributed by atoms with Crippen molar-refractivity contribution in [1.29, 1.82) is 0 Å². The van der Waals surface area contributed by atoms with E-state index < -0.39 is 7.12 Å². The van der Waals surface area contributed by atoms with Crippen LogP contribution in [-0.4, -0.2) is 22.9 Å². The first-order valence-electron chi connectivity index (χ1n) is 14.2. The van der Waals surface area contributed by atoms with E-state index in [1.165, 1.54) is 58.8 Å². The zero-order chi connectivity index (χ0) is 27.9. The molecule has 5 heteroatoms. The lowest BCUT2D eigenvalue weighted by Gasteiger charge is -2.32. The maximum Gasteiger partial charge on any atom is 0.494 e.